The summed E-state index contributed by atoms with van der Waals surface area (Å²) in [5, 5.41) is 12.9. The van der Waals surface area contributed by atoms with Gasteiger partial charge in [-0.1, -0.05) is 11.6 Å². The molecule has 0 aliphatic rings. The van der Waals surface area contributed by atoms with Crippen LogP contribution in [0.1, 0.15) is 20.3 Å². The number of carbonyl (C=O) groups excluding carboxylic acids is 1. The van der Waals surface area contributed by atoms with Gasteiger partial charge in [-0.3, -0.25) is 4.79 Å². The number of hydrogen-bond donors (Lipinski definition) is 3. The monoisotopic (exact) mass is 299 g/mol. The van der Waals surface area contributed by atoms with Crippen molar-refractivity contribution in [1.29, 1.82) is 0 Å². The highest BCUT2D eigenvalue weighted by molar-refractivity contribution is 6.33. The highest BCUT2D eigenvalue weighted by Crippen LogP contribution is 2.22. The van der Waals surface area contributed by atoms with Crippen molar-refractivity contribution in [3.8, 4) is 0 Å². The van der Waals surface area contributed by atoms with Gasteiger partial charge in [0, 0.05) is 25.2 Å². The fraction of sp³-hybridized carbons (Fsp3) is 0.500. The van der Waals surface area contributed by atoms with Crippen LogP contribution in [0.4, 0.5) is 11.4 Å². The molecule has 0 radical (unpaired) electrons. The van der Waals surface area contributed by atoms with Crippen LogP contribution in [0.25, 0.3) is 0 Å². The number of amides is 1. The summed E-state index contributed by atoms with van der Waals surface area (Å²) in [6.07, 6.45) is 0.342. The lowest BCUT2D eigenvalue weighted by atomic mass is 10.1. The third kappa shape index (κ3) is 6.23. The Morgan fingerprint density at radius 3 is 2.70 bits per heavy atom. The molecule has 1 amide bonds. The molecule has 1 rings (SSSR count). The molecule has 0 heterocycles. The number of nitrogen functional groups attached to an aromatic ring is 1. The number of rotatable bonds is 6. The molecule has 0 bridgehead atoms. The van der Waals surface area contributed by atoms with Gasteiger partial charge in [0.2, 0.25) is 5.91 Å². The molecule has 0 saturated carbocycles. The molecule has 0 spiro atoms. The summed E-state index contributed by atoms with van der Waals surface area (Å²) >= 11 is 5.81. The second-order valence-corrected chi connectivity index (χ2v) is 5.99. The maximum absolute atomic E-state index is 11.8. The lowest BCUT2D eigenvalue weighted by Crippen LogP contribution is -2.37. The topological polar surface area (TPSA) is 78.6 Å². The van der Waals surface area contributed by atoms with Crippen LogP contribution in [-0.4, -0.2) is 41.7 Å². The van der Waals surface area contributed by atoms with E-state index in [1.165, 1.54) is 0 Å². The maximum Gasteiger partial charge on any atom is 0.225 e. The van der Waals surface area contributed by atoms with Crippen LogP contribution in [0.3, 0.4) is 0 Å². The van der Waals surface area contributed by atoms with Crippen LogP contribution < -0.4 is 11.1 Å². The van der Waals surface area contributed by atoms with E-state index in [2.05, 4.69) is 5.32 Å². The molecule has 0 fully saturated rings. The molecule has 1 aromatic rings. The Balaban J connectivity index is 2.42. The van der Waals surface area contributed by atoms with Crippen molar-refractivity contribution >= 4 is 28.9 Å². The first-order valence-corrected chi connectivity index (χ1v) is 6.81. The largest absolute Gasteiger partial charge is 0.397 e. The van der Waals surface area contributed by atoms with E-state index < -0.39 is 5.60 Å². The first-order valence-electron chi connectivity index (χ1n) is 6.43. The van der Waals surface area contributed by atoms with E-state index in [1.54, 1.807) is 32.0 Å². The lowest BCUT2D eigenvalue weighted by Gasteiger charge is -2.25. The quantitative estimate of drug-likeness (QED) is 0.702. The third-order valence-electron chi connectivity index (χ3n) is 2.66. The van der Waals surface area contributed by atoms with Gasteiger partial charge in [-0.2, -0.15) is 0 Å². The Hall–Kier alpha value is -1.30. The van der Waals surface area contributed by atoms with Crippen molar-refractivity contribution in [3.05, 3.63) is 23.2 Å². The number of nitrogens with two attached hydrogens (primary N) is 1. The molecule has 20 heavy (non-hydrogen) atoms. The van der Waals surface area contributed by atoms with Gasteiger partial charge in [-0.05, 0) is 39.1 Å². The zero-order valence-corrected chi connectivity index (χ0v) is 12.9. The predicted octanol–water partition coefficient (Wildman–Crippen LogP) is 1.95. The summed E-state index contributed by atoms with van der Waals surface area (Å²) in [5.74, 6) is -0.102. The number of nitrogens with zero attached hydrogens (tertiary/aromatic N) is 1. The van der Waals surface area contributed by atoms with E-state index in [1.807, 2.05) is 11.9 Å². The van der Waals surface area contributed by atoms with Gasteiger partial charge in [0.15, 0.2) is 0 Å². The van der Waals surface area contributed by atoms with Gasteiger partial charge < -0.3 is 21.1 Å². The first-order chi connectivity index (χ1) is 9.17. The van der Waals surface area contributed by atoms with Crippen LogP contribution in [0, 0.1) is 0 Å². The molecule has 4 N–H and O–H groups in total. The van der Waals surface area contributed by atoms with Gasteiger partial charge in [-0.15, -0.1) is 0 Å². The number of nitrogens with one attached hydrogen (secondary N) is 1. The molecule has 0 unspecified atom stereocenters. The minimum atomic E-state index is -0.768. The minimum Gasteiger partial charge on any atom is -0.397 e. The normalized spacial score (nSPS) is 11.7. The van der Waals surface area contributed by atoms with Gasteiger partial charge in [-0.25, -0.2) is 0 Å². The molecule has 5 nitrogen and oxygen atoms in total. The van der Waals surface area contributed by atoms with Crippen LogP contribution in [0.5, 0.6) is 0 Å². The van der Waals surface area contributed by atoms with E-state index in [0.717, 1.165) is 0 Å². The molecule has 0 aromatic heterocycles. The number of hydrogen-bond acceptors (Lipinski definition) is 4. The number of aliphatic hydroxyl groups is 1. The van der Waals surface area contributed by atoms with Crippen molar-refractivity contribution in [2.75, 3.05) is 31.2 Å². The number of likely N-dealkylation sites (N-methyl/N-ethyl adjacent to an activating group) is 1. The summed E-state index contributed by atoms with van der Waals surface area (Å²) in [6, 6.07) is 4.98. The standard InChI is InChI=1S/C14H22ClN3O2/c1-14(2,20)9-18(3)7-6-13(19)17-10-4-5-11(15)12(16)8-10/h4-5,8,20H,6-7,9,16H2,1-3H3,(H,17,19). The van der Waals surface area contributed by atoms with Gasteiger partial charge in [0.1, 0.15) is 0 Å². The second kappa shape index (κ2) is 6.92. The number of anilines is 2. The maximum atomic E-state index is 11.8. The van der Waals surface area contributed by atoms with E-state index in [0.29, 0.717) is 35.9 Å². The van der Waals surface area contributed by atoms with Crippen molar-refractivity contribution in [3.63, 3.8) is 0 Å². The lowest BCUT2D eigenvalue weighted by molar-refractivity contribution is -0.116. The van der Waals surface area contributed by atoms with Crippen LogP contribution in [0.15, 0.2) is 18.2 Å². The van der Waals surface area contributed by atoms with Gasteiger partial charge in [0.05, 0.1) is 16.3 Å². The van der Waals surface area contributed by atoms with Gasteiger partial charge in [0.25, 0.3) is 0 Å². The second-order valence-electron chi connectivity index (χ2n) is 5.58. The fourth-order valence-electron chi connectivity index (χ4n) is 1.88. The summed E-state index contributed by atoms with van der Waals surface area (Å²) in [5.41, 5.74) is 5.96. The molecule has 0 saturated heterocycles. The van der Waals surface area contributed by atoms with Crippen LogP contribution in [-0.2, 0) is 4.79 Å². The fourth-order valence-corrected chi connectivity index (χ4v) is 1.99. The van der Waals surface area contributed by atoms with E-state index in [4.69, 9.17) is 17.3 Å². The molecule has 6 heteroatoms. The van der Waals surface area contributed by atoms with E-state index >= 15 is 0 Å². The zero-order chi connectivity index (χ0) is 15.3. The zero-order valence-electron chi connectivity index (χ0n) is 12.1. The smallest absolute Gasteiger partial charge is 0.225 e. The molecular formula is C14H22ClN3O2. The molecule has 112 valence electrons. The highest BCUT2D eigenvalue weighted by atomic mass is 35.5. The van der Waals surface area contributed by atoms with Crippen LogP contribution in [0.2, 0.25) is 5.02 Å². The van der Waals surface area contributed by atoms with Crippen molar-refractivity contribution in [1.82, 2.24) is 4.90 Å². The first kappa shape index (κ1) is 16.8. The van der Waals surface area contributed by atoms with E-state index in [9.17, 15) is 9.90 Å². The number of benzene rings is 1. The van der Waals surface area contributed by atoms with Crippen LogP contribution >= 0.6 is 11.6 Å². The summed E-state index contributed by atoms with van der Waals surface area (Å²) in [4.78, 5) is 13.7. The van der Waals surface area contributed by atoms with Crippen molar-refractivity contribution in [2.24, 2.45) is 0 Å². The Bertz CT molecular complexity index is 472. The SMILES string of the molecule is CN(CCC(=O)Nc1ccc(Cl)c(N)c1)CC(C)(C)O. The molecular weight excluding hydrogens is 278 g/mol. The number of halogens is 1. The Kier molecular flexibility index (Phi) is 5.80. The molecule has 1 aromatic carbocycles. The average Bonchev–Trinajstić information content (AvgIpc) is 2.29. The van der Waals surface area contributed by atoms with Crippen molar-refractivity contribution < 1.29 is 9.90 Å². The average molecular weight is 300 g/mol. The Labute approximate surface area is 124 Å². The molecule has 0 atom stereocenters. The minimum absolute atomic E-state index is 0.102. The predicted molar refractivity (Wildman–Crippen MR) is 82.9 cm³/mol. The summed E-state index contributed by atoms with van der Waals surface area (Å²) in [7, 11) is 1.87. The summed E-state index contributed by atoms with van der Waals surface area (Å²) in [6.45, 7) is 4.55. The van der Waals surface area contributed by atoms with E-state index in [-0.39, 0.29) is 5.91 Å². The van der Waals surface area contributed by atoms with Gasteiger partial charge >= 0.3 is 0 Å². The molecule has 0 aliphatic carbocycles. The Morgan fingerprint density at radius 1 is 1.50 bits per heavy atom. The van der Waals surface area contributed by atoms with Crippen molar-refractivity contribution in [2.45, 2.75) is 25.9 Å². The highest BCUT2D eigenvalue weighted by Gasteiger charge is 2.16. The third-order valence-corrected chi connectivity index (χ3v) is 3.00. The summed E-state index contributed by atoms with van der Waals surface area (Å²) < 4.78 is 0. The molecule has 0 aliphatic heterocycles. The Morgan fingerprint density at radius 2 is 2.15 bits per heavy atom. The number of carbonyl (C=O) groups is 1.